The van der Waals surface area contributed by atoms with Crippen LogP contribution in [0.5, 0.6) is 0 Å². The lowest BCUT2D eigenvalue weighted by molar-refractivity contribution is 0.0384. The van der Waals surface area contributed by atoms with Crippen molar-refractivity contribution in [3.63, 3.8) is 0 Å². The number of rotatable bonds is 3. The first-order chi connectivity index (χ1) is 8.92. The molecule has 1 N–H and O–H groups in total. The molecule has 1 aromatic rings. The van der Waals surface area contributed by atoms with Crippen molar-refractivity contribution in [2.24, 2.45) is 0 Å². The molecular weight excluding hydrogens is 224 g/mol. The van der Waals surface area contributed by atoms with Crippen molar-refractivity contribution in [2.75, 3.05) is 44.7 Å². The van der Waals surface area contributed by atoms with Gasteiger partial charge in [-0.3, -0.25) is 4.90 Å². The van der Waals surface area contributed by atoms with Gasteiger partial charge in [-0.1, -0.05) is 12.1 Å². The average Bonchev–Trinajstić information content (AvgIpc) is 2.46. The Balaban J connectivity index is 1.58. The van der Waals surface area contributed by atoms with Crippen LogP contribution in [0.3, 0.4) is 0 Å². The molecule has 2 aliphatic rings. The molecule has 0 radical (unpaired) electrons. The molecule has 3 rings (SSSR count). The molecule has 3 heteroatoms. The quantitative estimate of drug-likeness (QED) is 0.882. The fraction of sp³-hybridized carbons (Fsp3) is 0.600. The Hall–Kier alpha value is -1.06. The number of aryl methyl sites for hydroxylation is 1. The van der Waals surface area contributed by atoms with Gasteiger partial charge < -0.3 is 10.1 Å². The van der Waals surface area contributed by atoms with E-state index in [0.29, 0.717) is 0 Å². The number of fused-ring (bicyclic) bond motifs is 1. The van der Waals surface area contributed by atoms with Gasteiger partial charge in [0, 0.05) is 31.9 Å². The highest BCUT2D eigenvalue weighted by atomic mass is 16.5. The van der Waals surface area contributed by atoms with Crippen molar-refractivity contribution < 1.29 is 4.74 Å². The van der Waals surface area contributed by atoms with Crippen LogP contribution in [0.25, 0.3) is 0 Å². The Labute approximate surface area is 109 Å². The lowest BCUT2D eigenvalue weighted by atomic mass is 9.99. The fourth-order valence-electron chi connectivity index (χ4n) is 2.80. The third-order valence-corrected chi connectivity index (χ3v) is 3.93. The maximum absolute atomic E-state index is 5.38. The summed E-state index contributed by atoms with van der Waals surface area (Å²) in [5.41, 5.74) is 4.32. The van der Waals surface area contributed by atoms with E-state index in [1.54, 1.807) is 0 Å². The van der Waals surface area contributed by atoms with E-state index in [1.807, 2.05) is 0 Å². The summed E-state index contributed by atoms with van der Waals surface area (Å²) < 4.78 is 5.38. The van der Waals surface area contributed by atoms with Gasteiger partial charge in [-0.2, -0.15) is 0 Å². The molecule has 1 fully saturated rings. The number of hydrogen-bond donors (Lipinski definition) is 1. The first-order valence-electron chi connectivity index (χ1n) is 7.07. The van der Waals surface area contributed by atoms with Gasteiger partial charge in [0.05, 0.1) is 13.2 Å². The zero-order chi connectivity index (χ0) is 12.2. The Morgan fingerprint density at radius 2 is 2.11 bits per heavy atom. The highest BCUT2D eigenvalue weighted by Crippen LogP contribution is 2.23. The van der Waals surface area contributed by atoms with Crippen LogP contribution in [-0.4, -0.2) is 44.3 Å². The van der Waals surface area contributed by atoms with E-state index in [4.69, 9.17) is 4.74 Å². The van der Waals surface area contributed by atoms with Gasteiger partial charge in [0.1, 0.15) is 0 Å². The third-order valence-electron chi connectivity index (χ3n) is 3.93. The SMILES string of the molecule is c1cc2c(cc1CCN1CCOCC1)CCCN2. The van der Waals surface area contributed by atoms with Crippen LogP contribution in [0.15, 0.2) is 18.2 Å². The van der Waals surface area contributed by atoms with Crippen LogP contribution in [0.2, 0.25) is 0 Å². The molecule has 98 valence electrons. The van der Waals surface area contributed by atoms with Gasteiger partial charge in [-0.05, 0) is 36.5 Å². The minimum absolute atomic E-state index is 0.897. The number of morpholine rings is 1. The Morgan fingerprint density at radius 1 is 1.22 bits per heavy atom. The average molecular weight is 246 g/mol. The molecule has 0 aliphatic carbocycles. The highest BCUT2D eigenvalue weighted by Gasteiger charge is 2.11. The van der Waals surface area contributed by atoms with Crippen molar-refractivity contribution in [1.29, 1.82) is 0 Å². The Bertz CT molecular complexity index is 399. The van der Waals surface area contributed by atoms with E-state index in [0.717, 1.165) is 45.8 Å². The summed E-state index contributed by atoms with van der Waals surface area (Å²) in [5, 5.41) is 3.47. The Morgan fingerprint density at radius 3 is 3.00 bits per heavy atom. The van der Waals surface area contributed by atoms with Crippen molar-refractivity contribution in [2.45, 2.75) is 19.3 Å². The molecule has 0 bridgehead atoms. The third kappa shape index (κ3) is 2.85. The number of benzene rings is 1. The van der Waals surface area contributed by atoms with Crippen LogP contribution < -0.4 is 5.32 Å². The molecule has 1 saturated heterocycles. The van der Waals surface area contributed by atoms with E-state index >= 15 is 0 Å². The van der Waals surface area contributed by atoms with Gasteiger partial charge in [-0.15, -0.1) is 0 Å². The topological polar surface area (TPSA) is 24.5 Å². The van der Waals surface area contributed by atoms with Gasteiger partial charge in [0.25, 0.3) is 0 Å². The molecule has 1 aromatic carbocycles. The van der Waals surface area contributed by atoms with Crippen molar-refractivity contribution in [3.8, 4) is 0 Å². The summed E-state index contributed by atoms with van der Waals surface area (Å²) >= 11 is 0. The predicted molar refractivity (Wildman–Crippen MR) is 74.2 cm³/mol. The fourth-order valence-corrected chi connectivity index (χ4v) is 2.80. The summed E-state index contributed by atoms with van der Waals surface area (Å²) in [6.45, 7) is 6.26. The molecule has 0 spiro atoms. The van der Waals surface area contributed by atoms with E-state index in [-0.39, 0.29) is 0 Å². The van der Waals surface area contributed by atoms with Crippen LogP contribution in [0, 0.1) is 0 Å². The zero-order valence-electron chi connectivity index (χ0n) is 11.0. The molecular formula is C15H22N2O. The first kappa shape index (κ1) is 12.0. The number of nitrogens with zero attached hydrogens (tertiary/aromatic N) is 1. The number of nitrogens with one attached hydrogen (secondary N) is 1. The van der Waals surface area contributed by atoms with E-state index in [9.17, 15) is 0 Å². The second kappa shape index (κ2) is 5.72. The molecule has 0 unspecified atom stereocenters. The van der Waals surface area contributed by atoms with Gasteiger partial charge in [-0.25, -0.2) is 0 Å². The van der Waals surface area contributed by atoms with E-state index in [1.165, 1.54) is 29.7 Å². The van der Waals surface area contributed by atoms with E-state index in [2.05, 4.69) is 28.4 Å². The lowest BCUT2D eigenvalue weighted by Gasteiger charge is -2.26. The van der Waals surface area contributed by atoms with Crippen LogP contribution in [0.4, 0.5) is 5.69 Å². The van der Waals surface area contributed by atoms with Gasteiger partial charge >= 0.3 is 0 Å². The van der Waals surface area contributed by atoms with Crippen molar-refractivity contribution in [3.05, 3.63) is 29.3 Å². The van der Waals surface area contributed by atoms with Gasteiger partial charge in [0.2, 0.25) is 0 Å². The minimum Gasteiger partial charge on any atom is -0.385 e. The normalized spacial score (nSPS) is 20.2. The maximum Gasteiger partial charge on any atom is 0.0594 e. The van der Waals surface area contributed by atoms with Gasteiger partial charge in [0.15, 0.2) is 0 Å². The van der Waals surface area contributed by atoms with Crippen LogP contribution >= 0.6 is 0 Å². The summed E-state index contributed by atoms with van der Waals surface area (Å²) in [4.78, 5) is 2.50. The van der Waals surface area contributed by atoms with E-state index < -0.39 is 0 Å². The zero-order valence-corrected chi connectivity index (χ0v) is 11.0. The first-order valence-corrected chi connectivity index (χ1v) is 7.07. The molecule has 0 atom stereocenters. The summed E-state index contributed by atoms with van der Waals surface area (Å²) in [7, 11) is 0. The van der Waals surface area contributed by atoms with Crippen LogP contribution in [-0.2, 0) is 17.6 Å². The maximum atomic E-state index is 5.38. The second-order valence-electron chi connectivity index (χ2n) is 5.23. The molecule has 2 heterocycles. The number of anilines is 1. The predicted octanol–water partition coefficient (Wildman–Crippen LogP) is 1.92. The second-order valence-corrected chi connectivity index (χ2v) is 5.23. The molecule has 0 amide bonds. The Kier molecular flexibility index (Phi) is 3.81. The summed E-state index contributed by atoms with van der Waals surface area (Å²) in [6, 6.07) is 6.92. The highest BCUT2D eigenvalue weighted by molar-refractivity contribution is 5.54. The largest absolute Gasteiger partial charge is 0.385 e. The molecule has 0 aromatic heterocycles. The number of ether oxygens (including phenoxy) is 1. The van der Waals surface area contributed by atoms with Crippen molar-refractivity contribution >= 4 is 5.69 Å². The lowest BCUT2D eigenvalue weighted by Crippen LogP contribution is -2.37. The molecule has 18 heavy (non-hydrogen) atoms. The molecule has 3 nitrogen and oxygen atoms in total. The monoisotopic (exact) mass is 246 g/mol. The van der Waals surface area contributed by atoms with Crippen LogP contribution in [0.1, 0.15) is 17.5 Å². The molecule has 0 saturated carbocycles. The van der Waals surface area contributed by atoms with Crippen molar-refractivity contribution in [1.82, 2.24) is 4.90 Å². The number of hydrogen-bond acceptors (Lipinski definition) is 3. The summed E-state index contributed by atoms with van der Waals surface area (Å²) in [5.74, 6) is 0. The molecule has 2 aliphatic heterocycles. The standard InChI is InChI=1S/C15H22N2O/c1-2-14-12-13(3-4-15(14)16-6-1)5-7-17-8-10-18-11-9-17/h3-4,12,16H,1-2,5-11H2. The minimum atomic E-state index is 0.897. The smallest absolute Gasteiger partial charge is 0.0594 e. The summed E-state index contributed by atoms with van der Waals surface area (Å²) in [6.07, 6.45) is 3.65.